The molecular weight excluding hydrogens is 354 g/mol. The Morgan fingerprint density at radius 2 is 1.96 bits per heavy atom. The molecule has 1 aliphatic rings. The molecule has 138 valence electrons. The van der Waals surface area contributed by atoms with Crippen molar-refractivity contribution in [3.63, 3.8) is 0 Å². The number of halogens is 2. The van der Waals surface area contributed by atoms with Crippen molar-refractivity contribution in [1.82, 2.24) is 15.5 Å². The van der Waals surface area contributed by atoms with Crippen molar-refractivity contribution in [2.75, 3.05) is 11.9 Å². The number of fused-ring (bicyclic) bond motifs is 1. The Hall–Kier alpha value is -3.13. The first-order valence-electron chi connectivity index (χ1n) is 8.46. The van der Waals surface area contributed by atoms with E-state index in [1.807, 2.05) is 18.2 Å². The zero-order valence-corrected chi connectivity index (χ0v) is 14.2. The van der Waals surface area contributed by atoms with E-state index in [4.69, 9.17) is 0 Å². The van der Waals surface area contributed by atoms with Gasteiger partial charge in [0.1, 0.15) is 0 Å². The molecule has 0 unspecified atom stereocenters. The van der Waals surface area contributed by atoms with Gasteiger partial charge in [0, 0.05) is 23.4 Å². The first-order valence-corrected chi connectivity index (χ1v) is 8.46. The summed E-state index contributed by atoms with van der Waals surface area (Å²) in [5.41, 5.74) is 4.08. The molecule has 0 radical (unpaired) electrons. The van der Waals surface area contributed by atoms with Crippen molar-refractivity contribution in [1.29, 1.82) is 0 Å². The highest BCUT2D eigenvalue weighted by Gasteiger charge is 2.17. The number of nitrogens with one attached hydrogen (secondary N) is 2. The van der Waals surface area contributed by atoms with Crippen LogP contribution in [0.2, 0.25) is 0 Å². The maximum atomic E-state index is 12.5. The summed E-state index contributed by atoms with van der Waals surface area (Å²) in [7, 11) is 0. The molecule has 6 nitrogen and oxygen atoms in total. The summed E-state index contributed by atoms with van der Waals surface area (Å²) in [5.74, 6) is -0.856. The second-order valence-corrected chi connectivity index (χ2v) is 6.20. The van der Waals surface area contributed by atoms with Crippen LogP contribution in [0.5, 0.6) is 0 Å². The molecule has 0 saturated carbocycles. The number of alkyl halides is 2. The molecule has 2 N–H and O–H groups in total. The fourth-order valence-electron chi connectivity index (χ4n) is 2.97. The zero-order valence-electron chi connectivity index (χ0n) is 14.2. The summed E-state index contributed by atoms with van der Waals surface area (Å²) < 4.78 is 29.5. The number of carbonyl (C=O) groups is 1. The van der Waals surface area contributed by atoms with E-state index in [1.54, 1.807) is 24.3 Å². The molecule has 2 aromatic carbocycles. The average Bonchev–Trinajstić information content (AvgIpc) is 3.19. The molecule has 1 amide bonds. The van der Waals surface area contributed by atoms with Crippen LogP contribution in [0.1, 0.15) is 33.8 Å². The molecule has 8 heteroatoms. The monoisotopic (exact) mass is 370 g/mol. The Balaban J connectivity index is 1.47. The molecule has 0 aliphatic carbocycles. The Morgan fingerprint density at radius 1 is 1.15 bits per heavy atom. The maximum absolute atomic E-state index is 12.5. The topological polar surface area (TPSA) is 80.1 Å². The van der Waals surface area contributed by atoms with Crippen molar-refractivity contribution in [2.24, 2.45) is 0 Å². The second kappa shape index (κ2) is 7.24. The normalized spacial score (nSPS) is 13.4. The Kier molecular flexibility index (Phi) is 4.64. The second-order valence-electron chi connectivity index (χ2n) is 6.20. The van der Waals surface area contributed by atoms with E-state index in [2.05, 4.69) is 25.3 Å². The summed E-state index contributed by atoms with van der Waals surface area (Å²) >= 11 is 0. The maximum Gasteiger partial charge on any atom is 0.315 e. The highest BCUT2D eigenvalue weighted by molar-refractivity contribution is 6.04. The molecular formula is C19H16F2N4O2. The molecule has 0 bridgehead atoms. The molecule has 1 aromatic heterocycles. The van der Waals surface area contributed by atoms with Crippen LogP contribution in [0.4, 0.5) is 14.5 Å². The van der Waals surface area contributed by atoms with Gasteiger partial charge in [-0.15, -0.1) is 0 Å². The van der Waals surface area contributed by atoms with Gasteiger partial charge in [-0.3, -0.25) is 4.79 Å². The molecule has 1 aliphatic heterocycles. The first kappa shape index (κ1) is 17.3. The lowest BCUT2D eigenvalue weighted by atomic mass is 9.98. The number of nitrogens with zero attached hydrogens (tertiary/aromatic N) is 2. The van der Waals surface area contributed by atoms with Crippen LogP contribution in [0.15, 0.2) is 47.0 Å². The van der Waals surface area contributed by atoms with Crippen LogP contribution < -0.4 is 10.6 Å². The Bertz CT molecular complexity index is 970. The number of hydrogen-bond acceptors (Lipinski definition) is 5. The van der Waals surface area contributed by atoms with E-state index >= 15 is 0 Å². The van der Waals surface area contributed by atoms with Crippen LogP contribution in [0.3, 0.4) is 0 Å². The third-order valence-electron chi connectivity index (χ3n) is 4.38. The van der Waals surface area contributed by atoms with Gasteiger partial charge in [0.15, 0.2) is 0 Å². The van der Waals surface area contributed by atoms with E-state index in [1.165, 1.54) is 5.56 Å². The molecule has 0 atom stereocenters. The lowest BCUT2D eigenvalue weighted by Gasteiger charge is -2.17. The molecule has 27 heavy (non-hydrogen) atoms. The molecule has 0 fully saturated rings. The van der Waals surface area contributed by atoms with Crippen LogP contribution in [0, 0.1) is 0 Å². The number of rotatable bonds is 4. The third-order valence-corrected chi connectivity index (χ3v) is 4.38. The van der Waals surface area contributed by atoms with Gasteiger partial charge < -0.3 is 15.2 Å². The largest absolute Gasteiger partial charge is 0.333 e. The van der Waals surface area contributed by atoms with Crippen molar-refractivity contribution >= 4 is 11.6 Å². The number of benzene rings is 2. The smallest absolute Gasteiger partial charge is 0.315 e. The highest BCUT2D eigenvalue weighted by atomic mass is 19.3. The number of hydrogen-bond donors (Lipinski definition) is 2. The SMILES string of the molecule is O=C(Nc1ccc(-c2noc(C(F)F)n2)cc1)c1ccc2c(c1)CNCC2. The summed E-state index contributed by atoms with van der Waals surface area (Å²) in [5, 5.41) is 9.64. The predicted octanol–water partition coefficient (Wildman–Crippen LogP) is 3.57. The molecule has 4 rings (SSSR count). The zero-order chi connectivity index (χ0) is 18.8. The van der Waals surface area contributed by atoms with Crippen molar-refractivity contribution in [2.45, 2.75) is 19.4 Å². The Labute approximate surface area is 153 Å². The van der Waals surface area contributed by atoms with Gasteiger partial charge >= 0.3 is 6.43 Å². The fourth-order valence-corrected chi connectivity index (χ4v) is 2.97. The first-order chi connectivity index (χ1) is 13.1. The van der Waals surface area contributed by atoms with Gasteiger partial charge in [0.25, 0.3) is 11.8 Å². The van der Waals surface area contributed by atoms with Crippen molar-refractivity contribution in [3.8, 4) is 11.4 Å². The average molecular weight is 370 g/mol. The van der Waals surface area contributed by atoms with Gasteiger partial charge in [-0.1, -0.05) is 11.2 Å². The fraction of sp³-hybridized carbons (Fsp3) is 0.211. The van der Waals surface area contributed by atoms with E-state index in [0.29, 0.717) is 16.8 Å². The Morgan fingerprint density at radius 3 is 2.70 bits per heavy atom. The lowest BCUT2D eigenvalue weighted by Crippen LogP contribution is -2.24. The van der Waals surface area contributed by atoms with Gasteiger partial charge in [-0.25, -0.2) is 0 Å². The highest BCUT2D eigenvalue weighted by Crippen LogP contribution is 2.23. The molecule has 0 saturated heterocycles. The van der Waals surface area contributed by atoms with Gasteiger partial charge in [-0.2, -0.15) is 13.8 Å². The van der Waals surface area contributed by atoms with Gasteiger partial charge in [-0.05, 0) is 60.5 Å². The lowest BCUT2D eigenvalue weighted by molar-refractivity contribution is 0.102. The van der Waals surface area contributed by atoms with E-state index in [-0.39, 0.29) is 11.7 Å². The standard InChI is InChI=1S/C19H16F2N4O2/c20-16(21)19-24-17(25-27-19)12-3-5-15(6-4-12)23-18(26)13-2-1-11-7-8-22-10-14(11)9-13/h1-6,9,16,22H,7-8,10H2,(H,23,26). The quantitative estimate of drug-likeness (QED) is 0.734. The van der Waals surface area contributed by atoms with Crippen molar-refractivity contribution < 1.29 is 18.1 Å². The van der Waals surface area contributed by atoms with E-state index in [9.17, 15) is 13.6 Å². The summed E-state index contributed by atoms with van der Waals surface area (Å²) in [6.45, 7) is 1.71. The minimum Gasteiger partial charge on any atom is -0.333 e. The van der Waals surface area contributed by atoms with Crippen molar-refractivity contribution in [3.05, 3.63) is 65.0 Å². The van der Waals surface area contributed by atoms with E-state index in [0.717, 1.165) is 25.1 Å². The number of carbonyl (C=O) groups excluding carboxylic acids is 1. The van der Waals surface area contributed by atoms with E-state index < -0.39 is 12.3 Å². The van der Waals surface area contributed by atoms with Crippen LogP contribution in [-0.2, 0) is 13.0 Å². The van der Waals surface area contributed by atoms with Crippen LogP contribution >= 0.6 is 0 Å². The summed E-state index contributed by atoms with van der Waals surface area (Å²) in [6, 6.07) is 12.3. The number of aromatic nitrogens is 2. The van der Waals surface area contributed by atoms with Gasteiger partial charge in [0.2, 0.25) is 5.82 Å². The van der Waals surface area contributed by atoms with Crippen LogP contribution in [-0.4, -0.2) is 22.6 Å². The minimum atomic E-state index is -2.81. The third kappa shape index (κ3) is 3.70. The molecule has 3 aromatic rings. The van der Waals surface area contributed by atoms with Crippen LogP contribution in [0.25, 0.3) is 11.4 Å². The molecule has 0 spiro atoms. The van der Waals surface area contributed by atoms with Gasteiger partial charge in [0.05, 0.1) is 0 Å². The summed E-state index contributed by atoms with van der Waals surface area (Å²) in [6.07, 6.45) is -1.85. The number of amides is 1. The minimum absolute atomic E-state index is 0.0744. The number of anilines is 1. The molecule has 2 heterocycles. The predicted molar refractivity (Wildman–Crippen MR) is 94.5 cm³/mol. The summed E-state index contributed by atoms with van der Waals surface area (Å²) in [4.78, 5) is 16.1.